The van der Waals surface area contributed by atoms with E-state index in [1.165, 1.54) is 29.8 Å². The summed E-state index contributed by atoms with van der Waals surface area (Å²) in [7, 11) is 2.16. The fraction of sp³-hybridized carbons (Fsp3) is 0.529. The van der Waals surface area contributed by atoms with E-state index >= 15 is 0 Å². The van der Waals surface area contributed by atoms with Crippen LogP contribution in [0.1, 0.15) is 31.2 Å². The minimum absolute atomic E-state index is 0. The Kier molecular flexibility index (Phi) is 4.79. The molecule has 0 unspecified atom stereocenters. The first-order valence-corrected chi connectivity index (χ1v) is 8.18. The summed E-state index contributed by atoms with van der Waals surface area (Å²) in [6, 6.07) is 4.74. The van der Waals surface area contributed by atoms with Gasteiger partial charge in [-0.15, -0.1) is 24.0 Å². The number of piperidine rings is 1. The molecule has 1 saturated heterocycles. The molecule has 2 aromatic heterocycles. The van der Waals surface area contributed by atoms with Crippen molar-refractivity contribution in [3.05, 3.63) is 30.1 Å². The van der Waals surface area contributed by atoms with E-state index < -0.39 is 0 Å². The molecule has 4 heterocycles. The number of halogens is 1. The molecule has 5 nitrogen and oxygen atoms in total. The first-order valence-electron chi connectivity index (χ1n) is 8.18. The Bertz CT molecular complexity index is 702. The minimum Gasteiger partial charge on any atom is -0.346 e. The SMILES string of the molecule is C[C@H]1CN=C(N2CCC(c3c[nH]c4ncccc34)CC2)N1C.I. The maximum Gasteiger partial charge on any atom is 0.196 e. The van der Waals surface area contributed by atoms with E-state index in [1.54, 1.807) is 0 Å². The summed E-state index contributed by atoms with van der Waals surface area (Å²) in [6.07, 6.45) is 6.37. The van der Waals surface area contributed by atoms with Crippen molar-refractivity contribution in [2.45, 2.75) is 31.7 Å². The lowest BCUT2D eigenvalue weighted by Gasteiger charge is -2.36. The Labute approximate surface area is 154 Å². The number of hydrogen-bond donors (Lipinski definition) is 1. The summed E-state index contributed by atoms with van der Waals surface area (Å²) in [5, 5.41) is 1.28. The topological polar surface area (TPSA) is 47.5 Å². The van der Waals surface area contributed by atoms with Gasteiger partial charge in [0.2, 0.25) is 0 Å². The molecule has 0 saturated carbocycles. The largest absolute Gasteiger partial charge is 0.346 e. The number of guanidine groups is 1. The lowest BCUT2D eigenvalue weighted by Crippen LogP contribution is -2.45. The van der Waals surface area contributed by atoms with Crippen LogP contribution in [0.4, 0.5) is 0 Å². The zero-order chi connectivity index (χ0) is 15.1. The first kappa shape index (κ1) is 16.5. The summed E-state index contributed by atoms with van der Waals surface area (Å²) >= 11 is 0. The Morgan fingerprint density at radius 3 is 2.74 bits per heavy atom. The third-order valence-corrected chi connectivity index (χ3v) is 5.17. The van der Waals surface area contributed by atoms with Crippen molar-refractivity contribution in [2.24, 2.45) is 4.99 Å². The highest BCUT2D eigenvalue weighted by Gasteiger charge is 2.29. The third-order valence-electron chi connectivity index (χ3n) is 5.17. The van der Waals surface area contributed by atoms with Gasteiger partial charge in [-0.05, 0) is 43.4 Å². The molecule has 1 atom stereocenters. The van der Waals surface area contributed by atoms with E-state index in [-0.39, 0.29) is 24.0 Å². The molecule has 124 valence electrons. The van der Waals surface area contributed by atoms with Crippen molar-refractivity contribution in [3.8, 4) is 0 Å². The second-order valence-corrected chi connectivity index (χ2v) is 6.51. The van der Waals surface area contributed by atoms with Gasteiger partial charge in [-0.25, -0.2) is 4.98 Å². The van der Waals surface area contributed by atoms with Crippen LogP contribution in [0, 0.1) is 0 Å². The van der Waals surface area contributed by atoms with E-state index in [4.69, 9.17) is 4.99 Å². The van der Waals surface area contributed by atoms with Crippen molar-refractivity contribution in [1.29, 1.82) is 0 Å². The maximum absolute atomic E-state index is 4.71. The van der Waals surface area contributed by atoms with E-state index in [0.717, 1.165) is 25.3 Å². The van der Waals surface area contributed by atoms with Crippen LogP contribution in [0.2, 0.25) is 0 Å². The van der Waals surface area contributed by atoms with Gasteiger partial charge in [0.05, 0.1) is 6.54 Å². The summed E-state index contributed by atoms with van der Waals surface area (Å²) in [4.78, 5) is 17.2. The molecule has 6 heteroatoms. The number of likely N-dealkylation sites (tertiary alicyclic amines) is 1. The smallest absolute Gasteiger partial charge is 0.196 e. The molecule has 2 aliphatic rings. The van der Waals surface area contributed by atoms with Gasteiger partial charge in [0.15, 0.2) is 5.96 Å². The van der Waals surface area contributed by atoms with Crippen LogP contribution in [-0.2, 0) is 0 Å². The predicted octanol–water partition coefficient (Wildman–Crippen LogP) is 3.05. The molecule has 0 spiro atoms. The van der Waals surface area contributed by atoms with E-state index in [0.29, 0.717) is 12.0 Å². The van der Waals surface area contributed by atoms with E-state index in [1.807, 2.05) is 12.3 Å². The van der Waals surface area contributed by atoms with Crippen LogP contribution in [-0.4, -0.2) is 58.5 Å². The zero-order valence-electron chi connectivity index (χ0n) is 13.7. The average molecular weight is 425 g/mol. The number of likely N-dealkylation sites (N-methyl/N-ethyl adjacent to an activating group) is 1. The summed E-state index contributed by atoms with van der Waals surface area (Å²) < 4.78 is 0. The Morgan fingerprint density at radius 2 is 2.04 bits per heavy atom. The van der Waals surface area contributed by atoms with E-state index in [2.05, 4.69) is 46.0 Å². The molecule has 0 bridgehead atoms. The van der Waals surface area contributed by atoms with Crippen molar-refractivity contribution in [1.82, 2.24) is 19.8 Å². The molecule has 2 aliphatic heterocycles. The number of pyridine rings is 1. The van der Waals surface area contributed by atoms with Crippen LogP contribution in [0.5, 0.6) is 0 Å². The van der Waals surface area contributed by atoms with Crippen molar-refractivity contribution in [2.75, 3.05) is 26.7 Å². The van der Waals surface area contributed by atoms with Gasteiger partial charge in [-0.3, -0.25) is 4.99 Å². The monoisotopic (exact) mass is 425 g/mol. The second-order valence-electron chi connectivity index (χ2n) is 6.51. The molecule has 0 aromatic carbocycles. The Hall–Kier alpha value is -1.31. The number of rotatable bonds is 1. The highest BCUT2D eigenvalue weighted by atomic mass is 127. The number of nitrogens with zero attached hydrogens (tertiary/aromatic N) is 4. The Morgan fingerprint density at radius 1 is 1.26 bits per heavy atom. The van der Waals surface area contributed by atoms with Crippen LogP contribution < -0.4 is 0 Å². The lowest BCUT2D eigenvalue weighted by atomic mass is 9.89. The first-order chi connectivity index (χ1) is 10.7. The molecule has 1 fully saturated rings. The number of aliphatic imine (C=N–C) groups is 1. The van der Waals surface area contributed by atoms with Crippen LogP contribution >= 0.6 is 24.0 Å². The van der Waals surface area contributed by atoms with Crippen LogP contribution in [0.15, 0.2) is 29.5 Å². The highest BCUT2D eigenvalue weighted by molar-refractivity contribution is 14.0. The van der Waals surface area contributed by atoms with Gasteiger partial charge in [0.1, 0.15) is 5.65 Å². The van der Waals surface area contributed by atoms with Crippen molar-refractivity contribution < 1.29 is 0 Å². The van der Waals surface area contributed by atoms with Gasteiger partial charge in [0, 0.05) is 44.0 Å². The summed E-state index contributed by atoms with van der Waals surface area (Å²) in [6.45, 7) is 5.35. The number of fused-ring (bicyclic) bond motifs is 1. The van der Waals surface area contributed by atoms with Crippen LogP contribution in [0.3, 0.4) is 0 Å². The molecule has 0 aliphatic carbocycles. The fourth-order valence-corrected chi connectivity index (χ4v) is 3.67. The minimum atomic E-state index is 0. The molecule has 1 N–H and O–H groups in total. The standard InChI is InChI=1S/C17H23N5.HI/c1-12-10-20-17(21(12)2)22-8-5-13(6-9-22)15-11-19-16-14(15)4-3-7-18-16;/h3-4,7,11-13H,5-6,8-10H2,1-2H3,(H,18,19);1H/t12-;/m0./s1. The van der Waals surface area contributed by atoms with Gasteiger partial charge in [0.25, 0.3) is 0 Å². The molecule has 2 aromatic rings. The maximum atomic E-state index is 4.71. The Balaban J connectivity index is 0.00000156. The number of H-pyrrole nitrogens is 1. The molecule has 0 amide bonds. The molecule has 0 radical (unpaired) electrons. The average Bonchev–Trinajstić information content (AvgIpc) is 3.12. The van der Waals surface area contributed by atoms with E-state index in [9.17, 15) is 0 Å². The lowest BCUT2D eigenvalue weighted by molar-refractivity contribution is 0.275. The second kappa shape index (κ2) is 6.67. The molecular formula is C17H24IN5. The summed E-state index contributed by atoms with van der Waals surface area (Å²) in [5.41, 5.74) is 2.44. The number of hydrogen-bond acceptors (Lipinski definition) is 4. The summed E-state index contributed by atoms with van der Waals surface area (Å²) in [5.74, 6) is 1.81. The zero-order valence-corrected chi connectivity index (χ0v) is 16.0. The van der Waals surface area contributed by atoms with Crippen LogP contribution in [0.25, 0.3) is 11.0 Å². The molecule has 4 rings (SSSR count). The highest BCUT2D eigenvalue weighted by Crippen LogP contribution is 2.33. The number of nitrogens with one attached hydrogen (secondary N) is 1. The van der Waals surface area contributed by atoms with Gasteiger partial charge < -0.3 is 14.8 Å². The van der Waals surface area contributed by atoms with Gasteiger partial charge in [-0.1, -0.05) is 0 Å². The third kappa shape index (κ3) is 2.93. The van der Waals surface area contributed by atoms with Gasteiger partial charge >= 0.3 is 0 Å². The predicted molar refractivity (Wildman–Crippen MR) is 105 cm³/mol. The van der Waals surface area contributed by atoms with Crippen molar-refractivity contribution >= 4 is 41.0 Å². The number of aromatic nitrogens is 2. The van der Waals surface area contributed by atoms with Crippen molar-refractivity contribution in [3.63, 3.8) is 0 Å². The molecular weight excluding hydrogens is 401 g/mol. The number of aromatic amines is 1. The normalized spacial score (nSPS) is 22.3. The van der Waals surface area contributed by atoms with Gasteiger partial charge in [-0.2, -0.15) is 0 Å². The molecule has 23 heavy (non-hydrogen) atoms. The fourth-order valence-electron chi connectivity index (χ4n) is 3.67. The quantitative estimate of drug-likeness (QED) is 0.715.